The van der Waals surface area contributed by atoms with E-state index in [4.69, 9.17) is 9.47 Å². The molecule has 10 nitrogen and oxygen atoms in total. The molecule has 0 saturated heterocycles. The van der Waals surface area contributed by atoms with E-state index in [1.807, 2.05) is 24.3 Å². The number of benzene rings is 2. The number of hydrogen-bond donors (Lipinski definition) is 3. The van der Waals surface area contributed by atoms with Crippen LogP contribution in [0.3, 0.4) is 0 Å². The normalized spacial score (nSPS) is 10.8. The number of nitrogens with one attached hydrogen (secondary N) is 3. The molecule has 2 heterocycles. The molecular formula is C21H20N6O4S. The summed E-state index contributed by atoms with van der Waals surface area (Å²) in [5, 5.41) is 10.4. The van der Waals surface area contributed by atoms with Crippen molar-refractivity contribution in [1.29, 1.82) is 0 Å². The monoisotopic (exact) mass is 452 g/mol. The number of rotatable bonds is 9. The molecule has 2 aromatic heterocycles. The first kappa shape index (κ1) is 21.4. The highest BCUT2D eigenvalue weighted by Crippen LogP contribution is 2.17. The van der Waals surface area contributed by atoms with Crippen molar-refractivity contribution in [3.05, 3.63) is 70.5 Å². The number of aromatic amines is 2. The van der Waals surface area contributed by atoms with Crippen LogP contribution >= 0.6 is 11.8 Å². The van der Waals surface area contributed by atoms with Crippen LogP contribution in [0.1, 0.15) is 16.2 Å². The molecule has 0 saturated carbocycles. The summed E-state index contributed by atoms with van der Waals surface area (Å²) in [6, 6.07) is 12.3. The molecule has 0 unspecified atom stereocenters. The molecule has 11 heteroatoms. The highest BCUT2D eigenvalue weighted by atomic mass is 32.2. The Labute approximate surface area is 186 Å². The zero-order valence-electron chi connectivity index (χ0n) is 17.1. The van der Waals surface area contributed by atoms with Gasteiger partial charge in [0.25, 0.3) is 11.5 Å². The van der Waals surface area contributed by atoms with Crippen molar-refractivity contribution in [2.45, 2.75) is 11.7 Å². The summed E-state index contributed by atoms with van der Waals surface area (Å²) in [5.74, 6) is 1.42. The average Bonchev–Trinajstić information content (AvgIpc) is 3.34. The van der Waals surface area contributed by atoms with E-state index in [9.17, 15) is 9.59 Å². The summed E-state index contributed by atoms with van der Waals surface area (Å²) in [6.45, 7) is 0.751. The zero-order chi connectivity index (χ0) is 22.3. The first-order chi connectivity index (χ1) is 15.6. The molecule has 0 aliphatic rings. The van der Waals surface area contributed by atoms with Gasteiger partial charge in [0, 0.05) is 12.3 Å². The van der Waals surface area contributed by atoms with Crippen molar-refractivity contribution >= 4 is 28.6 Å². The van der Waals surface area contributed by atoms with Crippen LogP contribution in [0.25, 0.3) is 10.9 Å². The lowest BCUT2D eigenvalue weighted by Crippen LogP contribution is -2.27. The van der Waals surface area contributed by atoms with E-state index in [1.54, 1.807) is 18.2 Å². The molecule has 0 radical (unpaired) electrons. The number of hydrogen-bond acceptors (Lipinski definition) is 8. The lowest BCUT2D eigenvalue weighted by Gasteiger charge is -2.09. The Kier molecular flexibility index (Phi) is 6.66. The van der Waals surface area contributed by atoms with Gasteiger partial charge in [-0.25, -0.2) is 9.97 Å². The van der Waals surface area contributed by atoms with Gasteiger partial charge < -0.3 is 19.8 Å². The predicted molar refractivity (Wildman–Crippen MR) is 119 cm³/mol. The van der Waals surface area contributed by atoms with Crippen molar-refractivity contribution in [2.24, 2.45) is 0 Å². The van der Waals surface area contributed by atoms with E-state index < -0.39 is 11.5 Å². The minimum absolute atomic E-state index is 0.0514. The Morgan fingerprint density at radius 3 is 2.91 bits per heavy atom. The number of carbonyl (C=O) groups is 1. The number of carbonyl (C=O) groups excluding carboxylic acids is 1. The molecule has 4 aromatic rings. The topological polar surface area (TPSA) is 135 Å². The van der Waals surface area contributed by atoms with Gasteiger partial charge in [-0.1, -0.05) is 23.9 Å². The smallest absolute Gasteiger partial charge is 0.287 e. The van der Waals surface area contributed by atoms with E-state index in [2.05, 4.69) is 30.5 Å². The quantitative estimate of drug-likeness (QED) is 0.260. The second-order valence-electron chi connectivity index (χ2n) is 6.62. The molecule has 0 spiro atoms. The third kappa shape index (κ3) is 5.24. The number of ether oxygens (including phenoxy) is 2. The Bertz CT molecular complexity index is 1280. The second-order valence-corrected chi connectivity index (χ2v) is 7.70. The average molecular weight is 452 g/mol. The minimum atomic E-state index is -0.477. The van der Waals surface area contributed by atoms with Gasteiger partial charge in [0.2, 0.25) is 0 Å². The number of nitrogens with zero attached hydrogens (tertiary/aromatic N) is 3. The standard InChI is InChI=1S/C21H20N6O4S/c1-30-14-5-6-17-16(10-14)19(28)26-18(25-17)20(29)22-11-13-3-2-4-15(9-13)31-7-8-32-21-23-12-24-27-21/h2-6,9-10,12H,7-8,11H2,1H3,(H,22,29)(H,23,24,27)(H,25,26,28). The highest BCUT2D eigenvalue weighted by Gasteiger charge is 2.12. The molecule has 0 fully saturated rings. The van der Waals surface area contributed by atoms with Crippen molar-refractivity contribution in [2.75, 3.05) is 19.5 Å². The van der Waals surface area contributed by atoms with Crippen LogP contribution in [0.2, 0.25) is 0 Å². The minimum Gasteiger partial charge on any atom is -0.497 e. The van der Waals surface area contributed by atoms with Gasteiger partial charge >= 0.3 is 0 Å². The lowest BCUT2D eigenvalue weighted by atomic mass is 10.2. The van der Waals surface area contributed by atoms with Gasteiger partial charge in [0.1, 0.15) is 17.8 Å². The second kappa shape index (κ2) is 9.96. The summed E-state index contributed by atoms with van der Waals surface area (Å²) >= 11 is 1.51. The van der Waals surface area contributed by atoms with Gasteiger partial charge in [-0.3, -0.25) is 14.7 Å². The van der Waals surface area contributed by atoms with E-state index in [0.717, 1.165) is 10.7 Å². The molecule has 164 valence electrons. The van der Waals surface area contributed by atoms with Crippen LogP contribution in [0.4, 0.5) is 0 Å². The molecular weight excluding hydrogens is 432 g/mol. The molecule has 32 heavy (non-hydrogen) atoms. The zero-order valence-corrected chi connectivity index (χ0v) is 17.9. The maximum Gasteiger partial charge on any atom is 0.287 e. The van der Waals surface area contributed by atoms with E-state index >= 15 is 0 Å². The molecule has 0 bridgehead atoms. The maximum atomic E-state index is 12.5. The number of methoxy groups -OCH3 is 1. The highest BCUT2D eigenvalue weighted by molar-refractivity contribution is 7.99. The molecule has 4 rings (SSSR count). The van der Waals surface area contributed by atoms with Crippen LogP contribution in [0.15, 0.2) is 58.7 Å². The summed E-state index contributed by atoms with van der Waals surface area (Å²) in [5.41, 5.74) is 0.863. The van der Waals surface area contributed by atoms with Crippen molar-refractivity contribution in [3.8, 4) is 11.5 Å². The van der Waals surface area contributed by atoms with Crippen LogP contribution in [-0.2, 0) is 6.54 Å². The molecule has 0 atom stereocenters. The Balaban J connectivity index is 1.34. The molecule has 2 aromatic carbocycles. The first-order valence-electron chi connectivity index (χ1n) is 9.68. The van der Waals surface area contributed by atoms with Crippen molar-refractivity contribution in [1.82, 2.24) is 30.5 Å². The first-order valence-corrected chi connectivity index (χ1v) is 10.7. The van der Waals surface area contributed by atoms with Crippen molar-refractivity contribution in [3.63, 3.8) is 0 Å². The third-order valence-corrected chi connectivity index (χ3v) is 5.30. The summed E-state index contributed by atoms with van der Waals surface area (Å²) in [6.07, 6.45) is 1.46. The van der Waals surface area contributed by atoms with Crippen LogP contribution in [0.5, 0.6) is 11.5 Å². The number of thioether (sulfide) groups is 1. The number of fused-ring (bicyclic) bond motifs is 1. The molecule has 0 aliphatic carbocycles. The number of H-pyrrole nitrogens is 2. The van der Waals surface area contributed by atoms with E-state index in [-0.39, 0.29) is 12.4 Å². The van der Waals surface area contributed by atoms with Gasteiger partial charge in [-0.2, -0.15) is 5.10 Å². The molecule has 0 aliphatic heterocycles. The lowest BCUT2D eigenvalue weighted by molar-refractivity contribution is 0.0940. The number of amides is 1. The summed E-state index contributed by atoms with van der Waals surface area (Å²) < 4.78 is 10.9. The molecule has 1 amide bonds. The maximum absolute atomic E-state index is 12.5. The SMILES string of the molecule is COc1ccc2nc(C(=O)NCc3cccc(OCCSc4ncn[nH]4)c3)[nH]c(=O)c2c1. The van der Waals surface area contributed by atoms with Gasteiger partial charge in [-0.05, 0) is 35.9 Å². The Hall–Kier alpha value is -3.86. The predicted octanol–water partition coefficient (Wildman–Crippen LogP) is 2.15. The van der Waals surface area contributed by atoms with Gasteiger partial charge in [0.15, 0.2) is 11.0 Å². The molecule has 3 N–H and O–H groups in total. The van der Waals surface area contributed by atoms with Crippen LogP contribution in [0, 0.1) is 0 Å². The van der Waals surface area contributed by atoms with Crippen molar-refractivity contribution < 1.29 is 14.3 Å². The largest absolute Gasteiger partial charge is 0.497 e. The summed E-state index contributed by atoms with van der Waals surface area (Å²) in [7, 11) is 1.52. The van der Waals surface area contributed by atoms with Crippen LogP contribution < -0.4 is 20.3 Å². The van der Waals surface area contributed by atoms with Gasteiger partial charge in [-0.15, -0.1) is 0 Å². The Morgan fingerprint density at radius 2 is 2.09 bits per heavy atom. The fraction of sp³-hybridized carbons (Fsp3) is 0.190. The third-order valence-electron chi connectivity index (χ3n) is 4.46. The van der Waals surface area contributed by atoms with Gasteiger partial charge in [0.05, 0.1) is 24.6 Å². The van der Waals surface area contributed by atoms with Crippen LogP contribution in [-0.4, -0.2) is 50.5 Å². The summed E-state index contributed by atoms with van der Waals surface area (Å²) in [4.78, 5) is 35.7. The van der Waals surface area contributed by atoms with E-state index in [0.29, 0.717) is 34.8 Å². The fourth-order valence-corrected chi connectivity index (χ4v) is 3.52. The number of aromatic nitrogens is 5. The van der Waals surface area contributed by atoms with E-state index in [1.165, 1.54) is 25.2 Å². The fourth-order valence-electron chi connectivity index (χ4n) is 2.93. The Morgan fingerprint density at radius 1 is 1.19 bits per heavy atom.